The molecule has 0 unspecified atom stereocenters. The molecular formula is C12H16BrNO. The molecule has 0 heterocycles. The quantitative estimate of drug-likeness (QED) is 0.837. The van der Waals surface area contributed by atoms with Gasteiger partial charge in [-0.15, -0.1) is 0 Å². The van der Waals surface area contributed by atoms with E-state index in [1.165, 1.54) is 11.3 Å². The average Bonchev–Trinajstić information content (AvgIpc) is 2.14. The second-order valence-corrected chi connectivity index (χ2v) is 4.72. The Kier molecular flexibility index (Phi) is 4.33. The van der Waals surface area contributed by atoms with Crippen molar-refractivity contribution in [2.75, 3.05) is 18.5 Å². The van der Waals surface area contributed by atoms with E-state index < -0.39 is 0 Å². The highest BCUT2D eigenvalue weighted by atomic mass is 79.9. The number of carbonyl (C=O) groups excluding carboxylic acids is 1. The van der Waals surface area contributed by atoms with Crippen molar-refractivity contribution < 1.29 is 4.79 Å². The second-order valence-electron chi connectivity index (χ2n) is 3.80. The SMILES string of the molecule is CC(=O)CCN(C)c1ccc(Br)cc1C. The number of hydrogen-bond acceptors (Lipinski definition) is 2. The first-order chi connectivity index (χ1) is 7.00. The zero-order chi connectivity index (χ0) is 11.4. The van der Waals surface area contributed by atoms with Gasteiger partial charge in [-0.05, 0) is 37.6 Å². The second kappa shape index (κ2) is 5.31. The Morgan fingerprint density at radius 3 is 2.67 bits per heavy atom. The first kappa shape index (κ1) is 12.2. The third-order valence-electron chi connectivity index (χ3n) is 2.37. The van der Waals surface area contributed by atoms with Gasteiger partial charge < -0.3 is 4.90 Å². The van der Waals surface area contributed by atoms with Crippen molar-refractivity contribution in [1.82, 2.24) is 0 Å². The number of nitrogens with zero attached hydrogens (tertiary/aromatic N) is 1. The monoisotopic (exact) mass is 269 g/mol. The summed E-state index contributed by atoms with van der Waals surface area (Å²) >= 11 is 3.43. The van der Waals surface area contributed by atoms with Gasteiger partial charge in [0.05, 0.1) is 0 Å². The smallest absolute Gasteiger partial charge is 0.131 e. The summed E-state index contributed by atoms with van der Waals surface area (Å²) in [6.45, 7) is 4.48. The molecule has 15 heavy (non-hydrogen) atoms. The minimum atomic E-state index is 0.233. The summed E-state index contributed by atoms with van der Waals surface area (Å²) < 4.78 is 1.09. The maximum atomic E-state index is 10.9. The van der Waals surface area contributed by atoms with Gasteiger partial charge in [0.25, 0.3) is 0 Å². The van der Waals surface area contributed by atoms with Crippen LogP contribution < -0.4 is 4.90 Å². The molecule has 0 amide bonds. The van der Waals surface area contributed by atoms with Crippen LogP contribution in [0.2, 0.25) is 0 Å². The van der Waals surface area contributed by atoms with Crippen LogP contribution in [0.15, 0.2) is 22.7 Å². The molecular weight excluding hydrogens is 254 g/mol. The van der Waals surface area contributed by atoms with Crippen LogP contribution in [-0.4, -0.2) is 19.4 Å². The lowest BCUT2D eigenvalue weighted by Gasteiger charge is -2.20. The number of hydrogen-bond donors (Lipinski definition) is 0. The molecule has 0 N–H and O–H groups in total. The predicted octanol–water partition coefficient (Wildman–Crippen LogP) is 3.17. The summed E-state index contributed by atoms with van der Waals surface area (Å²) in [6.07, 6.45) is 0.603. The van der Waals surface area contributed by atoms with E-state index in [0.29, 0.717) is 6.42 Å². The highest BCUT2D eigenvalue weighted by molar-refractivity contribution is 9.10. The Hall–Kier alpha value is -0.830. The van der Waals surface area contributed by atoms with Gasteiger partial charge in [-0.3, -0.25) is 4.79 Å². The Balaban J connectivity index is 2.73. The number of ketones is 1. The third-order valence-corrected chi connectivity index (χ3v) is 2.86. The molecule has 0 fully saturated rings. The van der Waals surface area contributed by atoms with Crippen molar-refractivity contribution in [2.24, 2.45) is 0 Å². The molecule has 0 bridgehead atoms. The fourth-order valence-electron chi connectivity index (χ4n) is 1.49. The fraction of sp³-hybridized carbons (Fsp3) is 0.417. The summed E-state index contributed by atoms with van der Waals surface area (Å²) in [5, 5.41) is 0. The molecule has 1 rings (SSSR count). The van der Waals surface area contributed by atoms with Crippen molar-refractivity contribution in [3.63, 3.8) is 0 Å². The minimum Gasteiger partial charge on any atom is -0.374 e. The maximum Gasteiger partial charge on any atom is 0.131 e. The van der Waals surface area contributed by atoms with E-state index in [-0.39, 0.29) is 5.78 Å². The third kappa shape index (κ3) is 3.67. The summed E-state index contributed by atoms with van der Waals surface area (Å²) in [5.41, 5.74) is 2.40. The van der Waals surface area contributed by atoms with Crippen LogP contribution in [0.5, 0.6) is 0 Å². The lowest BCUT2D eigenvalue weighted by Crippen LogP contribution is -2.21. The van der Waals surface area contributed by atoms with Gasteiger partial charge in [0, 0.05) is 30.2 Å². The van der Waals surface area contributed by atoms with E-state index in [4.69, 9.17) is 0 Å². The number of carbonyl (C=O) groups is 1. The largest absolute Gasteiger partial charge is 0.374 e. The number of halogens is 1. The maximum absolute atomic E-state index is 10.9. The van der Waals surface area contributed by atoms with Crippen molar-refractivity contribution in [1.29, 1.82) is 0 Å². The summed E-state index contributed by atoms with van der Waals surface area (Å²) in [4.78, 5) is 13.0. The normalized spacial score (nSPS) is 10.1. The Morgan fingerprint density at radius 1 is 1.47 bits per heavy atom. The molecule has 3 heteroatoms. The highest BCUT2D eigenvalue weighted by Crippen LogP contribution is 2.22. The van der Waals surface area contributed by atoms with Crippen LogP contribution in [0, 0.1) is 6.92 Å². The van der Waals surface area contributed by atoms with Gasteiger partial charge in [-0.2, -0.15) is 0 Å². The molecule has 2 nitrogen and oxygen atoms in total. The van der Waals surface area contributed by atoms with E-state index in [2.05, 4.69) is 39.9 Å². The minimum absolute atomic E-state index is 0.233. The van der Waals surface area contributed by atoms with Crippen LogP contribution in [0.3, 0.4) is 0 Å². The van der Waals surface area contributed by atoms with E-state index in [9.17, 15) is 4.79 Å². The van der Waals surface area contributed by atoms with Gasteiger partial charge in [0.2, 0.25) is 0 Å². The lowest BCUT2D eigenvalue weighted by atomic mass is 10.2. The fourth-order valence-corrected chi connectivity index (χ4v) is 1.97. The molecule has 1 aromatic rings. The molecule has 0 aliphatic carbocycles. The lowest BCUT2D eigenvalue weighted by molar-refractivity contribution is -0.116. The first-order valence-electron chi connectivity index (χ1n) is 4.97. The number of rotatable bonds is 4. The summed E-state index contributed by atoms with van der Waals surface area (Å²) in [7, 11) is 2.01. The van der Waals surface area contributed by atoms with E-state index in [1.54, 1.807) is 6.92 Å². The molecule has 0 aliphatic heterocycles. The molecule has 0 aromatic heterocycles. The zero-order valence-corrected chi connectivity index (χ0v) is 11.0. The average molecular weight is 270 g/mol. The van der Waals surface area contributed by atoms with Crippen LogP contribution in [0.1, 0.15) is 18.9 Å². The van der Waals surface area contributed by atoms with E-state index in [0.717, 1.165) is 11.0 Å². The molecule has 0 aliphatic rings. The van der Waals surface area contributed by atoms with Crippen LogP contribution >= 0.6 is 15.9 Å². The molecule has 1 aromatic carbocycles. The van der Waals surface area contributed by atoms with Crippen LogP contribution in [-0.2, 0) is 4.79 Å². The topological polar surface area (TPSA) is 20.3 Å². The first-order valence-corrected chi connectivity index (χ1v) is 5.76. The van der Waals surface area contributed by atoms with Crippen molar-refractivity contribution in [3.8, 4) is 0 Å². The number of Topliss-reactive ketones (excluding diaryl/α,β-unsaturated/α-hetero) is 1. The molecule has 82 valence electrons. The Labute approximate surface area is 99.4 Å². The molecule has 0 saturated carbocycles. The van der Waals surface area contributed by atoms with Gasteiger partial charge in [-0.25, -0.2) is 0 Å². The Morgan fingerprint density at radius 2 is 2.13 bits per heavy atom. The van der Waals surface area contributed by atoms with Crippen molar-refractivity contribution >= 4 is 27.4 Å². The number of anilines is 1. The van der Waals surface area contributed by atoms with E-state index in [1.807, 2.05) is 13.1 Å². The van der Waals surface area contributed by atoms with Crippen LogP contribution in [0.25, 0.3) is 0 Å². The molecule has 0 spiro atoms. The van der Waals surface area contributed by atoms with E-state index >= 15 is 0 Å². The highest BCUT2D eigenvalue weighted by Gasteiger charge is 2.05. The Bertz CT molecular complexity index is 363. The zero-order valence-electron chi connectivity index (χ0n) is 9.38. The standard InChI is InChI=1S/C12H16BrNO/c1-9-8-11(13)4-5-12(9)14(3)7-6-10(2)15/h4-5,8H,6-7H2,1-3H3. The summed E-state index contributed by atoms with van der Waals surface area (Å²) in [5.74, 6) is 0.233. The van der Waals surface area contributed by atoms with Crippen molar-refractivity contribution in [3.05, 3.63) is 28.2 Å². The molecule has 0 radical (unpaired) electrons. The number of aryl methyl sites for hydroxylation is 1. The van der Waals surface area contributed by atoms with Gasteiger partial charge >= 0.3 is 0 Å². The molecule has 0 atom stereocenters. The van der Waals surface area contributed by atoms with Crippen LogP contribution in [0.4, 0.5) is 5.69 Å². The molecule has 0 saturated heterocycles. The number of benzene rings is 1. The van der Waals surface area contributed by atoms with Gasteiger partial charge in [-0.1, -0.05) is 15.9 Å². The van der Waals surface area contributed by atoms with Gasteiger partial charge in [0.1, 0.15) is 5.78 Å². The predicted molar refractivity (Wildman–Crippen MR) is 67.4 cm³/mol. The van der Waals surface area contributed by atoms with Gasteiger partial charge in [0.15, 0.2) is 0 Å². The summed E-state index contributed by atoms with van der Waals surface area (Å²) in [6, 6.07) is 6.17. The van der Waals surface area contributed by atoms with Crippen molar-refractivity contribution in [2.45, 2.75) is 20.3 Å².